The highest BCUT2D eigenvalue weighted by atomic mass is 19.1. The fourth-order valence-electron chi connectivity index (χ4n) is 3.73. The maximum atomic E-state index is 15.0. The summed E-state index contributed by atoms with van der Waals surface area (Å²) in [6.45, 7) is 3.99. The molecule has 0 amide bonds. The summed E-state index contributed by atoms with van der Waals surface area (Å²) in [6, 6.07) is 8.73. The summed E-state index contributed by atoms with van der Waals surface area (Å²) < 4.78 is 29.0. The van der Waals surface area contributed by atoms with Crippen LogP contribution in [0.3, 0.4) is 0 Å². The van der Waals surface area contributed by atoms with Crippen LogP contribution in [0.2, 0.25) is 0 Å². The minimum absolute atomic E-state index is 0.136. The molecule has 5 rings (SSSR count). The highest BCUT2D eigenvalue weighted by Gasteiger charge is 2.13. The summed E-state index contributed by atoms with van der Waals surface area (Å²) in [6.07, 6.45) is 5.29. The van der Waals surface area contributed by atoms with Gasteiger partial charge in [0.25, 0.3) is 0 Å². The molecule has 0 spiro atoms. The standard InChI is InChI=1S/C24H22FN7O2/c1-14-7-19(23(25)21(8-14)33-4)28-22-6-5-18-24(32(22)13-17-9-15(2)34-30-17)29-20(11-26-18)16-10-27-31(3)12-16/h5-12H,13H2,1-4H3/b28-22+. The summed E-state index contributed by atoms with van der Waals surface area (Å²) in [7, 11) is 3.27. The molecule has 4 aromatic heterocycles. The third-order valence-electron chi connectivity index (χ3n) is 5.32. The number of rotatable bonds is 5. The first kappa shape index (κ1) is 21.5. The van der Waals surface area contributed by atoms with Gasteiger partial charge in [-0.2, -0.15) is 5.10 Å². The summed E-state index contributed by atoms with van der Waals surface area (Å²) >= 11 is 0. The summed E-state index contributed by atoms with van der Waals surface area (Å²) in [4.78, 5) is 14.1. The number of halogens is 1. The van der Waals surface area contributed by atoms with Gasteiger partial charge in [-0.1, -0.05) is 5.16 Å². The Morgan fingerprint density at radius 2 is 2.00 bits per heavy atom. The third-order valence-corrected chi connectivity index (χ3v) is 5.32. The minimum atomic E-state index is -0.535. The molecule has 1 aromatic carbocycles. The first-order valence-electron chi connectivity index (χ1n) is 10.6. The van der Waals surface area contributed by atoms with Crippen LogP contribution in [0.15, 0.2) is 58.4 Å². The molecule has 0 atom stereocenters. The zero-order valence-electron chi connectivity index (χ0n) is 19.2. The highest BCUT2D eigenvalue weighted by molar-refractivity contribution is 5.73. The molecular formula is C24H22FN7O2. The number of nitrogens with zero attached hydrogens (tertiary/aromatic N) is 7. The normalized spacial score (nSPS) is 12.0. The Kier molecular flexibility index (Phi) is 5.40. The van der Waals surface area contributed by atoms with E-state index >= 15 is 4.39 Å². The number of methoxy groups -OCH3 is 1. The number of aromatic nitrogens is 6. The van der Waals surface area contributed by atoms with E-state index < -0.39 is 5.82 Å². The molecule has 0 aliphatic rings. The highest BCUT2D eigenvalue weighted by Crippen LogP contribution is 2.28. The third kappa shape index (κ3) is 4.05. The van der Waals surface area contributed by atoms with E-state index in [-0.39, 0.29) is 11.4 Å². The van der Waals surface area contributed by atoms with Crippen LogP contribution >= 0.6 is 0 Å². The van der Waals surface area contributed by atoms with Crippen LogP contribution in [0, 0.1) is 19.7 Å². The fourth-order valence-corrected chi connectivity index (χ4v) is 3.73. The molecule has 34 heavy (non-hydrogen) atoms. The lowest BCUT2D eigenvalue weighted by molar-refractivity contribution is 0.386. The Bertz CT molecular complexity index is 1580. The van der Waals surface area contributed by atoms with Crippen molar-refractivity contribution in [3.8, 4) is 17.0 Å². The van der Waals surface area contributed by atoms with E-state index in [0.29, 0.717) is 40.3 Å². The molecule has 0 unspecified atom stereocenters. The predicted molar refractivity (Wildman–Crippen MR) is 123 cm³/mol. The lowest BCUT2D eigenvalue weighted by atomic mass is 10.2. The van der Waals surface area contributed by atoms with Crippen LogP contribution in [-0.4, -0.2) is 36.6 Å². The van der Waals surface area contributed by atoms with E-state index in [0.717, 1.165) is 11.1 Å². The Morgan fingerprint density at radius 3 is 2.71 bits per heavy atom. The Labute approximate surface area is 194 Å². The quantitative estimate of drug-likeness (QED) is 0.396. The van der Waals surface area contributed by atoms with Gasteiger partial charge in [0.1, 0.15) is 28.1 Å². The van der Waals surface area contributed by atoms with Crippen molar-refractivity contribution < 1.29 is 13.7 Å². The maximum absolute atomic E-state index is 15.0. The molecule has 0 saturated carbocycles. The van der Waals surface area contributed by atoms with Gasteiger partial charge in [-0.05, 0) is 43.7 Å². The Morgan fingerprint density at radius 1 is 1.15 bits per heavy atom. The summed E-state index contributed by atoms with van der Waals surface area (Å²) in [5, 5.41) is 8.34. The molecule has 5 aromatic rings. The van der Waals surface area contributed by atoms with Crippen LogP contribution < -0.4 is 10.2 Å². The van der Waals surface area contributed by atoms with Gasteiger partial charge < -0.3 is 13.8 Å². The van der Waals surface area contributed by atoms with Crippen molar-refractivity contribution in [2.45, 2.75) is 20.4 Å². The molecule has 10 heteroatoms. The maximum Gasteiger partial charge on any atom is 0.190 e. The van der Waals surface area contributed by atoms with E-state index in [2.05, 4.69) is 20.2 Å². The molecule has 9 nitrogen and oxygen atoms in total. The van der Waals surface area contributed by atoms with Crippen LogP contribution in [0.25, 0.3) is 22.4 Å². The van der Waals surface area contributed by atoms with Gasteiger partial charge >= 0.3 is 0 Å². The van der Waals surface area contributed by atoms with Crippen LogP contribution in [0.4, 0.5) is 10.1 Å². The van der Waals surface area contributed by atoms with Crippen LogP contribution in [0.5, 0.6) is 5.75 Å². The summed E-state index contributed by atoms with van der Waals surface area (Å²) in [5.74, 6) is 0.287. The van der Waals surface area contributed by atoms with Crippen molar-refractivity contribution in [1.82, 2.24) is 29.5 Å². The van der Waals surface area contributed by atoms with E-state index in [9.17, 15) is 0 Å². The molecule has 4 heterocycles. The van der Waals surface area contributed by atoms with Crippen molar-refractivity contribution in [1.29, 1.82) is 0 Å². The van der Waals surface area contributed by atoms with E-state index in [4.69, 9.17) is 14.2 Å². The number of hydrogen-bond acceptors (Lipinski definition) is 7. The number of hydrogen-bond donors (Lipinski definition) is 0. The average Bonchev–Trinajstić information content (AvgIpc) is 3.44. The van der Waals surface area contributed by atoms with E-state index in [1.54, 1.807) is 35.3 Å². The van der Waals surface area contributed by atoms with Crippen molar-refractivity contribution in [3.63, 3.8) is 0 Å². The topological polar surface area (TPSA) is 96.2 Å². The van der Waals surface area contributed by atoms with Crippen molar-refractivity contribution >= 4 is 16.9 Å². The van der Waals surface area contributed by atoms with Gasteiger partial charge in [0, 0.05) is 24.9 Å². The lowest BCUT2D eigenvalue weighted by Gasteiger charge is -2.11. The smallest absolute Gasteiger partial charge is 0.190 e. The SMILES string of the molecule is COc1cc(C)cc(/N=c2\ccc3ncc(-c4cnn(C)c4)nc3n2Cc2cc(C)on2)c1F. The second-order valence-electron chi connectivity index (χ2n) is 7.99. The van der Waals surface area contributed by atoms with Gasteiger partial charge in [-0.3, -0.25) is 9.67 Å². The lowest BCUT2D eigenvalue weighted by Crippen LogP contribution is -2.23. The van der Waals surface area contributed by atoms with E-state index in [1.807, 2.05) is 43.8 Å². The zero-order chi connectivity index (χ0) is 23.8. The molecule has 0 N–H and O–H groups in total. The number of benzene rings is 1. The van der Waals surface area contributed by atoms with Crippen LogP contribution in [0.1, 0.15) is 17.0 Å². The van der Waals surface area contributed by atoms with Crippen LogP contribution in [-0.2, 0) is 13.6 Å². The number of aryl methyl sites for hydroxylation is 3. The average molecular weight is 459 g/mol. The van der Waals surface area contributed by atoms with Crippen molar-refractivity contribution in [2.24, 2.45) is 12.0 Å². The predicted octanol–water partition coefficient (Wildman–Crippen LogP) is 3.87. The number of pyridine rings is 1. The van der Waals surface area contributed by atoms with Gasteiger partial charge in [0.15, 0.2) is 17.2 Å². The zero-order valence-corrected chi connectivity index (χ0v) is 19.2. The Hall–Kier alpha value is -4.34. The van der Waals surface area contributed by atoms with Gasteiger partial charge in [-0.15, -0.1) is 0 Å². The summed E-state index contributed by atoms with van der Waals surface area (Å²) in [5.41, 5.74) is 4.88. The molecule has 0 saturated heterocycles. The molecule has 0 bridgehead atoms. The molecule has 0 fully saturated rings. The molecule has 0 radical (unpaired) electrons. The first-order valence-corrected chi connectivity index (χ1v) is 10.6. The number of fused-ring (bicyclic) bond motifs is 1. The largest absolute Gasteiger partial charge is 0.494 e. The fraction of sp³-hybridized carbons (Fsp3) is 0.208. The van der Waals surface area contributed by atoms with Crippen molar-refractivity contribution in [3.05, 3.63) is 77.2 Å². The van der Waals surface area contributed by atoms with Gasteiger partial charge in [-0.25, -0.2) is 14.4 Å². The Balaban J connectivity index is 1.76. The number of ether oxygens (including phenoxy) is 1. The molecule has 0 aliphatic carbocycles. The van der Waals surface area contributed by atoms with Gasteiger partial charge in [0.2, 0.25) is 0 Å². The van der Waals surface area contributed by atoms with E-state index in [1.165, 1.54) is 7.11 Å². The molecular weight excluding hydrogens is 437 g/mol. The monoisotopic (exact) mass is 459 g/mol. The second-order valence-corrected chi connectivity index (χ2v) is 7.99. The molecule has 0 aliphatic heterocycles. The second kappa shape index (κ2) is 8.54. The first-order chi connectivity index (χ1) is 16.4. The molecule has 172 valence electrons. The minimum Gasteiger partial charge on any atom is -0.494 e. The van der Waals surface area contributed by atoms with Crippen molar-refractivity contribution in [2.75, 3.05) is 7.11 Å². The van der Waals surface area contributed by atoms with Gasteiger partial charge in [0.05, 0.1) is 31.7 Å².